The molecule has 0 spiro atoms. The van der Waals surface area contributed by atoms with E-state index in [2.05, 4.69) is 5.32 Å². The van der Waals surface area contributed by atoms with Crippen LogP contribution in [0.5, 0.6) is 11.5 Å². The van der Waals surface area contributed by atoms with Crippen LogP contribution >= 0.6 is 0 Å². The number of nitrogens with one attached hydrogen (secondary N) is 1. The molecule has 0 bridgehead atoms. The maximum Gasteiger partial charge on any atom is 0.314 e. The maximum atomic E-state index is 10.9. The van der Waals surface area contributed by atoms with Gasteiger partial charge in [-0.05, 0) is 11.6 Å². The monoisotopic (exact) mass is 254 g/mol. The highest BCUT2D eigenvalue weighted by Gasteiger charge is 2.24. The Balaban J connectivity index is 2.41. The van der Waals surface area contributed by atoms with Crippen molar-refractivity contribution in [2.24, 2.45) is 0 Å². The third-order valence-corrected chi connectivity index (χ3v) is 2.82. The maximum absolute atomic E-state index is 10.9. The summed E-state index contributed by atoms with van der Waals surface area (Å²) in [6.07, 6.45) is 0. The molecule has 0 aromatic heterocycles. The zero-order chi connectivity index (χ0) is 13.1. The summed E-state index contributed by atoms with van der Waals surface area (Å²) in [7, 11) is 1.35. The van der Waals surface area contributed by atoms with Gasteiger partial charge in [0.1, 0.15) is 0 Å². The van der Waals surface area contributed by atoms with Crippen LogP contribution in [0.1, 0.15) is 11.6 Å². The fraction of sp³-hybridized carbons (Fsp3) is 0.455. The molecule has 1 heterocycles. The summed E-state index contributed by atoms with van der Waals surface area (Å²) in [5, 5.41) is 23.7. The Hall–Kier alpha value is -1.86. The van der Waals surface area contributed by atoms with E-state index in [0.717, 1.165) is 0 Å². The molecule has 1 aliphatic heterocycles. The summed E-state index contributed by atoms with van der Waals surface area (Å²) in [6, 6.07) is 2.78. The number of ether oxygens (including phenoxy) is 2. The van der Waals surface area contributed by atoms with E-state index in [0.29, 0.717) is 25.3 Å². The van der Waals surface area contributed by atoms with Crippen molar-refractivity contribution in [2.45, 2.75) is 6.04 Å². The SMILES string of the molecule is COc1cc([C@H]2COCCN2)cc([N+](=O)[O-])c1O. The number of methoxy groups -OCH3 is 1. The van der Waals surface area contributed by atoms with E-state index in [1.807, 2.05) is 0 Å². The Kier molecular flexibility index (Phi) is 3.63. The minimum absolute atomic E-state index is 0.0894. The summed E-state index contributed by atoms with van der Waals surface area (Å²) in [6.45, 7) is 1.74. The van der Waals surface area contributed by atoms with Gasteiger partial charge in [0.15, 0.2) is 5.75 Å². The second-order valence-electron chi connectivity index (χ2n) is 3.93. The summed E-state index contributed by atoms with van der Waals surface area (Å²) in [5.41, 5.74) is 0.299. The van der Waals surface area contributed by atoms with Crippen molar-refractivity contribution in [1.82, 2.24) is 5.32 Å². The summed E-state index contributed by atoms with van der Waals surface area (Å²) in [5.74, 6) is -0.366. The predicted molar refractivity (Wildman–Crippen MR) is 62.9 cm³/mol. The van der Waals surface area contributed by atoms with Gasteiger partial charge in [0, 0.05) is 12.6 Å². The minimum atomic E-state index is -0.634. The van der Waals surface area contributed by atoms with Crippen molar-refractivity contribution in [2.75, 3.05) is 26.9 Å². The van der Waals surface area contributed by atoms with E-state index in [4.69, 9.17) is 9.47 Å². The Morgan fingerprint density at radius 3 is 2.94 bits per heavy atom. The topological polar surface area (TPSA) is 93.9 Å². The predicted octanol–water partition coefficient (Wildman–Crippen LogP) is 0.970. The van der Waals surface area contributed by atoms with E-state index in [1.54, 1.807) is 6.07 Å². The molecule has 98 valence electrons. The van der Waals surface area contributed by atoms with Gasteiger partial charge in [-0.2, -0.15) is 0 Å². The lowest BCUT2D eigenvalue weighted by atomic mass is 10.0. The van der Waals surface area contributed by atoms with Crippen molar-refractivity contribution < 1.29 is 19.5 Å². The van der Waals surface area contributed by atoms with Gasteiger partial charge >= 0.3 is 5.69 Å². The lowest BCUT2D eigenvalue weighted by Crippen LogP contribution is -2.34. The lowest BCUT2D eigenvalue weighted by molar-refractivity contribution is -0.386. The molecule has 1 aromatic carbocycles. The number of phenols is 1. The quantitative estimate of drug-likeness (QED) is 0.616. The van der Waals surface area contributed by atoms with Gasteiger partial charge in [-0.15, -0.1) is 0 Å². The molecule has 1 aromatic rings. The first-order valence-electron chi connectivity index (χ1n) is 5.50. The molecule has 0 radical (unpaired) electrons. The van der Waals surface area contributed by atoms with E-state index in [9.17, 15) is 15.2 Å². The highest BCUT2D eigenvalue weighted by atomic mass is 16.6. The number of phenolic OH excluding ortho intramolecular Hbond substituents is 1. The summed E-state index contributed by atoms with van der Waals surface area (Å²) >= 11 is 0. The molecule has 1 saturated heterocycles. The van der Waals surface area contributed by atoms with Crippen LogP contribution in [-0.2, 0) is 4.74 Å². The van der Waals surface area contributed by atoms with Crippen LogP contribution in [0.15, 0.2) is 12.1 Å². The average molecular weight is 254 g/mol. The van der Waals surface area contributed by atoms with Gasteiger partial charge in [-0.3, -0.25) is 10.1 Å². The van der Waals surface area contributed by atoms with Gasteiger partial charge in [0.05, 0.1) is 31.3 Å². The van der Waals surface area contributed by atoms with Crippen molar-refractivity contribution in [3.05, 3.63) is 27.8 Å². The minimum Gasteiger partial charge on any atom is -0.500 e. The van der Waals surface area contributed by atoms with Crippen LogP contribution in [0.4, 0.5) is 5.69 Å². The molecule has 0 amide bonds. The Bertz CT molecular complexity index is 457. The number of nitrogens with zero attached hydrogens (tertiary/aromatic N) is 1. The second kappa shape index (κ2) is 5.19. The number of nitro benzene ring substituents is 1. The van der Waals surface area contributed by atoms with Gasteiger partial charge in [-0.25, -0.2) is 0 Å². The van der Waals surface area contributed by atoms with Gasteiger partial charge in [-0.1, -0.05) is 0 Å². The Morgan fingerprint density at radius 2 is 2.39 bits per heavy atom. The van der Waals surface area contributed by atoms with E-state index >= 15 is 0 Å². The number of hydrogen-bond donors (Lipinski definition) is 2. The Labute approximate surface area is 103 Å². The zero-order valence-corrected chi connectivity index (χ0v) is 9.88. The molecular formula is C11H14N2O5. The normalized spacial score (nSPS) is 19.5. The Morgan fingerprint density at radius 1 is 1.61 bits per heavy atom. The molecule has 2 rings (SSSR count). The van der Waals surface area contributed by atoms with E-state index in [-0.39, 0.29) is 17.5 Å². The van der Waals surface area contributed by atoms with E-state index in [1.165, 1.54) is 13.2 Å². The van der Waals surface area contributed by atoms with Gasteiger partial charge in [0.2, 0.25) is 5.75 Å². The smallest absolute Gasteiger partial charge is 0.314 e. The number of aromatic hydroxyl groups is 1. The molecule has 1 atom stereocenters. The number of hydrogen-bond acceptors (Lipinski definition) is 6. The molecule has 1 fully saturated rings. The van der Waals surface area contributed by atoms with Crippen LogP contribution in [-0.4, -0.2) is 36.9 Å². The fourth-order valence-corrected chi connectivity index (χ4v) is 1.89. The van der Waals surface area contributed by atoms with Crippen LogP contribution in [0.3, 0.4) is 0 Å². The number of morpholine rings is 1. The second-order valence-corrected chi connectivity index (χ2v) is 3.93. The van der Waals surface area contributed by atoms with Crippen molar-refractivity contribution in [3.63, 3.8) is 0 Å². The van der Waals surface area contributed by atoms with Gasteiger partial charge < -0.3 is 19.9 Å². The number of nitro groups is 1. The van der Waals surface area contributed by atoms with Crippen LogP contribution in [0.25, 0.3) is 0 Å². The lowest BCUT2D eigenvalue weighted by Gasteiger charge is -2.24. The molecule has 0 aliphatic carbocycles. The standard InChI is InChI=1S/C11H14N2O5/c1-17-10-5-7(8-6-18-3-2-12-8)4-9(11(10)14)13(15)16/h4-5,8,12,14H,2-3,6H2,1H3/t8-/m1/s1. The molecule has 18 heavy (non-hydrogen) atoms. The zero-order valence-electron chi connectivity index (χ0n) is 9.88. The third-order valence-electron chi connectivity index (χ3n) is 2.82. The first-order chi connectivity index (χ1) is 8.63. The van der Waals surface area contributed by atoms with Gasteiger partial charge in [0.25, 0.3) is 0 Å². The largest absolute Gasteiger partial charge is 0.500 e. The summed E-state index contributed by atoms with van der Waals surface area (Å²) < 4.78 is 10.2. The highest BCUT2D eigenvalue weighted by molar-refractivity contribution is 5.57. The van der Waals surface area contributed by atoms with Crippen LogP contribution in [0, 0.1) is 10.1 Å². The third kappa shape index (κ3) is 2.36. The molecule has 7 heteroatoms. The molecule has 1 aliphatic rings. The molecule has 7 nitrogen and oxygen atoms in total. The van der Waals surface area contributed by atoms with Crippen molar-refractivity contribution >= 4 is 5.69 Å². The van der Waals surface area contributed by atoms with Crippen molar-refractivity contribution in [3.8, 4) is 11.5 Å². The molecular weight excluding hydrogens is 240 g/mol. The van der Waals surface area contributed by atoms with Crippen LogP contribution < -0.4 is 10.1 Å². The van der Waals surface area contributed by atoms with Crippen LogP contribution in [0.2, 0.25) is 0 Å². The highest BCUT2D eigenvalue weighted by Crippen LogP contribution is 2.38. The summed E-state index contributed by atoms with van der Waals surface area (Å²) in [4.78, 5) is 10.2. The molecule has 0 unspecified atom stereocenters. The molecule has 2 N–H and O–H groups in total. The first kappa shape index (κ1) is 12.6. The first-order valence-corrected chi connectivity index (χ1v) is 5.50. The fourth-order valence-electron chi connectivity index (χ4n) is 1.89. The number of rotatable bonds is 3. The average Bonchev–Trinajstić information content (AvgIpc) is 2.39. The van der Waals surface area contributed by atoms with E-state index < -0.39 is 10.7 Å². The molecule has 0 saturated carbocycles. The van der Waals surface area contributed by atoms with Crippen molar-refractivity contribution in [1.29, 1.82) is 0 Å². The number of benzene rings is 1.